The maximum Gasteiger partial charge on any atom is 0.338 e. The molecule has 0 aliphatic heterocycles. The van der Waals surface area contributed by atoms with Crippen molar-refractivity contribution in [1.82, 2.24) is 4.90 Å². The van der Waals surface area contributed by atoms with Crippen molar-refractivity contribution in [3.05, 3.63) is 69.6 Å². The quantitative estimate of drug-likeness (QED) is 0.125. The highest BCUT2D eigenvalue weighted by atomic mass is 32.1. The second-order valence-corrected chi connectivity index (χ2v) is 12.0. The molecule has 3 rings (SSSR count). The average molecular weight is 550 g/mol. The number of benzene rings is 2. The minimum atomic E-state index is -0.348. The highest BCUT2D eigenvalue weighted by molar-refractivity contribution is 7.19. The number of fused-ring (bicyclic) bond motifs is 1. The fraction of sp³-hybridized carbons (Fsp3) is 0.529. The molecule has 0 bridgehead atoms. The fourth-order valence-corrected chi connectivity index (χ4v) is 6.12. The lowest BCUT2D eigenvalue weighted by Gasteiger charge is -2.21. The molecule has 0 aliphatic carbocycles. The van der Waals surface area contributed by atoms with Crippen LogP contribution >= 0.6 is 11.3 Å². The first-order valence-corrected chi connectivity index (χ1v) is 15.8. The van der Waals surface area contributed by atoms with Crippen LogP contribution in [-0.2, 0) is 17.6 Å². The van der Waals surface area contributed by atoms with Crippen LogP contribution < -0.4 is 0 Å². The summed E-state index contributed by atoms with van der Waals surface area (Å²) in [6.07, 6.45) is 9.93. The van der Waals surface area contributed by atoms with E-state index in [1.807, 2.05) is 44.2 Å². The van der Waals surface area contributed by atoms with Gasteiger partial charge in [-0.3, -0.25) is 4.79 Å². The van der Waals surface area contributed by atoms with Crippen LogP contribution in [0.4, 0.5) is 0 Å². The molecule has 212 valence electrons. The summed E-state index contributed by atoms with van der Waals surface area (Å²) in [6.45, 7) is 13.9. The molecule has 0 N–H and O–H groups in total. The zero-order chi connectivity index (χ0) is 28.2. The van der Waals surface area contributed by atoms with Crippen LogP contribution in [0.3, 0.4) is 0 Å². The zero-order valence-corrected chi connectivity index (χ0v) is 25.5. The molecule has 0 saturated heterocycles. The van der Waals surface area contributed by atoms with Crippen LogP contribution in [0.15, 0.2) is 42.5 Å². The van der Waals surface area contributed by atoms with Crippen molar-refractivity contribution in [3.63, 3.8) is 0 Å². The number of ether oxygens (including phenoxy) is 1. The van der Waals surface area contributed by atoms with Gasteiger partial charge in [-0.05, 0) is 95.8 Å². The number of nitrogens with zero attached hydrogens (tertiary/aromatic N) is 1. The maximum atomic E-state index is 13.9. The van der Waals surface area contributed by atoms with Crippen molar-refractivity contribution >= 4 is 33.2 Å². The van der Waals surface area contributed by atoms with E-state index < -0.39 is 0 Å². The highest BCUT2D eigenvalue weighted by Gasteiger charge is 2.22. The van der Waals surface area contributed by atoms with Crippen molar-refractivity contribution in [2.45, 2.75) is 98.5 Å². The topological polar surface area (TPSA) is 46.6 Å². The molecule has 0 atom stereocenters. The summed E-state index contributed by atoms with van der Waals surface area (Å²) in [5.41, 5.74) is 3.22. The SMILES string of the molecule is CCCCc1sc2ccc(C(=O)OC(C)C)cc2c1C(=O)c1ccc(CCCN(CCCC)CCCC)cc1. The van der Waals surface area contributed by atoms with Crippen molar-refractivity contribution in [3.8, 4) is 0 Å². The van der Waals surface area contributed by atoms with E-state index in [-0.39, 0.29) is 17.9 Å². The Morgan fingerprint density at radius 2 is 1.41 bits per heavy atom. The second-order valence-electron chi connectivity index (χ2n) is 10.8. The van der Waals surface area contributed by atoms with Gasteiger partial charge in [0, 0.05) is 26.1 Å². The third kappa shape index (κ3) is 9.01. The standard InChI is InChI=1S/C34H47NO3S/c1-6-9-14-31-32(29-24-28(19-20-30(29)39-31)34(37)38-25(4)5)33(36)27-17-15-26(16-18-27)13-12-23-35(21-10-7-2)22-11-8-3/h15-20,24-25H,6-14,21-23H2,1-5H3. The van der Waals surface area contributed by atoms with E-state index in [1.165, 1.54) is 44.3 Å². The third-order valence-electron chi connectivity index (χ3n) is 7.14. The predicted octanol–water partition coefficient (Wildman–Crippen LogP) is 8.87. The number of hydrogen-bond donors (Lipinski definition) is 0. The van der Waals surface area contributed by atoms with E-state index >= 15 is 0 Å². The molecule has 0 aliphatic rings. The number of thiophene rings is 1. The molecule has 2 aromatic carbocycles. The maximum absolute atomic E-state index is 13.9. The first-order valence-electron chi connectivity index (χ1n) is 15.0. The van der Waals surface area contributed by atoms with Gasteiger partial charge >= 0.3 is 5.97 Å². The number of esters is 1. The molecule has 0 unspecified atom stereocenters. The molecular formula is C34H47NO3S. The van der Waals surface area contributed by atoms with Gasteiger partial charge in [-0.1, -0.05) is 64.3 Å². The summed E-state index contributed by atoms with van der Waals surface area (Å²) in [7, 11) is 0. The zero-order valence-electron chi connectivity index (χ0n) is 24.7. The van der Waals surface area contributed by atoms with E-state index in [9.17, 15) is 9.59 Å². The van der Waals surface area contributed by atoms with Crippen LogP contribution in [0.5, 0.6) is 0 Å². The van der Waals surface area contributed by atoms with Gasteiger partial charge in [-0.25, -0.2) is 4.79 Å². The Hall–Kier alpha value is -2.50. The molecule has 0 amide bonds. The summed E-state index contributed by atoms with van der Waals surface area (Å²) in [6, 6.07) is 13.8. The second kappa shape index (κ2) is 15.9. The molecular weight excluding hydrogens is 502 g/mol. The smallest absolute Gasteiger partial charge is 0.338 e. The summed E-state index contributed by atoms with van der Waals surface area (Å²) in [4.78, 5) is 30.2. The van der Waals surface area contributed by atoms with Crippen LogP contribution in [0, 0.1) is 0 Å². The first-order chi connectivity index (χ1) is 18.9. The third-order valence-corrected chi connectivity index (χ3v) is 8.37. The lowest BCUT2D eigenvalue weighted by Crippen LogP contribution is -2.27. The summed E-state index contributed by atoms with van der Waals surface area (Å²) in [5.74, 6) is -0.308. The van der Waals surface area contributed by atoms with Crippen LogP contribution in [0.1, 0.15) is 116 Å². The largest absolute Gasteiger partial charge is 0.459 e. The Kier molecular flexibility index (Phi) is 12.7. The molecule has 1 aromatic heterocycles. The van der Waals surface area contributed by atoms with E-state index in [1.54, 1.807) is 11.3 Å². The minimum Gasteiger partial charge on any atom is -0.459 e. The molecule has 0 spiro atoms. The van der Waals surface area contributed by atoms with Crippen LogP contribution in [-0.4, -0.2) is 42.4 Å². The van der Waals surface area contributed by atoms with Gasteiger partial charge in [-0.2, -0.15) is 0 Å². The predicted molar refractivity (Wildman–Crippen MR) is 165 cm³/mol. The average Bonchev–Trinajstić information content (AvgIpc) is 3.30. The Bertz CT molecular complexity index is 1190. The summed E-state index contributed by atoms with van der Waals surface area (Å²) in [5, 5.41) is 0.859. The molecule has 0 fully saturated rings. The van der Waals surface area contributed by atoms with E-state index in [2.05, 4.69) is 37.8 Å². The number of hydrogen-bond acceptors (Lipinski definition) is 5. The minimum absolute atomic E-state index is 0.0404. The molecule has 5 heteroatoms. The lowest BCUT2D eigenvalue weighted by atomic mass is 9.96. The first kappa shape index (κ1) is 31.0. The van der Waals surface area contributed by atoms with Gasteiger partial charge in [0.2, 0.25) is 0 Å². The molecule has 3 aromatic rings. The molecule has 1 heterocycles. The van der Waals surface area contributed by atoms with Gasteiger partial charge in [0.15, 0.2) is 5.78 Å². The summed E-state index contributed by atoms with van der Waals surface area (Å²) >= 11 is 1.67. The van der Waals surface area contributed by atoms with Gasteiger partial charge in [0.05, 0.1) is 11.7 Å². The Morgan fingerprint density at radius 1 is 0.795 bits per heavy atom. The molecule has 39 heavy (non-hydrogen) atoms. The number of rotatable bonds is 17. The van der Waals surface area contributed by atoms with E-state index in [0.717, 1.165) is 59.2 Å². The number of aryl methyl sites for hydroxylation is 2. The number of carbonyl (C=O) groups excluding carboxylic acids is 2. The monoisotopic (exact) mass is 549 g/mol. The molecule has 0 radical (unpaired) electrons. The Morgan fingerprint density at radius 3 is 2.03 bits per heavy atom. The lowest BCUT2D eigenvalue weighted by molar-refractivity contribution is 0.0378. The van der Waals surface area contributed by atoms with Crippen molar-refractivity contribution < 1.29 is 14.3 Å². The number of unbranched alkanes of at least 4 members (excludes halogenated alkanes) is 3. The number of carbonyl (C=O) groups is 2. The molecule has 4 nitrogen and oxygen atoms in total. The van der Waals surface area contributed by atoms with Gasteiger partial charge in [0.25, 0.3) is 0 Å². The Labute approximate surface area is 239 Å². The fourth-order valence-electron chi connectivity index (χ4n) is 4.89. The van der Waals surface area contributed by atoms with Crippen LogP contribution in [0.2, 0.25) is 0 Å². The van der Waals surface area contributed by atoms with Crippen molar-refractivity contribution in [1.29, 1.82) is 0 Å². The van der Waals surface area contributed by atoms with Crippen molar-refractivity contribution in [2.24, 2.45) is 0 Å². The van der Waals surface area contributed by atoms with Gasteiger partial charge in [0.1, 0.15) is 0 Å². The van der Waals surface area contributed by atoms with Gasteiger partial charge < -0.3 is 9.64 Å². The molecule has 0 saturated carbocycles. The van der Waals surface area contributed by atoms with Crippen LogP contribution in [0.25, 0.3) is 10.1 Å². The summed E-state index contributed by atoms with van der Waals surface area (Å²) < 4.78 is 6.46. The highest BCUT2D eigenvalue weighted by Crippen LogP contribution is 2.35. The number of ketones is 1. The van der Waals surface area contributed by atoms with E-state index in [0.29, 0.717) is 11.1 Å². The van der Waals surface area contributed by atoms with Crippen molar-refractivity contribution in [2.75, 3.05) is 19.6 Å². The van der Waals surface area contributed by atoms with E-state index in [4.69, 9.17) is 4.74 Å². The normalized spacial score (nSPS) is 11.6. The van der Waals surface area contributed by atoms with Gasteiger partial charge in [-0.15, -0.1) is 11.3 Å². The Balaban J connectivity index is 1.78.